The molecule has 1 saturated heterocycles. The number of benzene rings is 1. The van der Waals surface area contributed by atoms with Gasteiger partial charge in [-0.25, -0.2) is 0 Å². The SMILES string of the molecule is CCC1(COC)CC(=O)NC(=O)C1c1ccccc1C. The number of nitrogens with one attached hydrogen (secondary N) is 1. The summed E-state index contributed by atoms with van der Waals surface area (Å²) < 4.78 is 5.33. The molecule has 0 aromatic heterocycles. The minimum absolute atomic E-state index is 0.210. The third kappa shape index (κ3) is 2.48. The van der Waals surface area contributed by atoms with Gasteiger partial charge in [-0.15, -0.1) is 0 Å². The molecule has 1 N–H and O–H groups in total. The molecule has 4 nitrogen and oxygen atoms in total. The lowest BCUT2D eigenvalue weighted by molar-refractivity contribution is -0.142. The van der Waals surface area contributed by atoms with Crippen molar-refractivity contribution >= 4 is 11.8 Å². The van der Waals surface area contributed by atoms with Gasteiger partial charge in [-0.05, 0) is 24.5 Å². The maximum absolute atomic E-state index is 12.4. The van der Waals surface area contributed by atoms with Crippen LogP contribution < -0.4 is 5.32 Å². The summed E-state index contributed by atoms with van der Waals surface area (Å²) in [5, 5.41) is 2.47. The van der Waals surface area contributed by atoms with Crippen molar-refractivity contribution in [1.29, 1.82) is 0 Å². The zero-order chi connectivity index (χ0) is 14.8. The van der Waals surface area contributed by atoms with E-state index in [1.54, 1.807) is 7.11 Å². The summed E-state index contributed by atoms with van der Waals surface area (Å²) in [5.41, 5.74) is 1.59. The average molecular weight is 275 g/mol. The van der Waals surface area contributed by atoms with Gasteiger partial charge in [0.25, 0.3) is 0 Å². The van der Waals surface area contributed by atoms with E-state index in [4.69, 9.17) is 4.74 Å². The average Bonchev–Trinajstić information content (AvgIpc) is 2.40. The van der Waals surface area contributed by atoms with E-state index in [0.29, 0.717) is 13.0 Å². The Hall–Kier alpha value is -1.68. The summed E-state index contributed by atoms with van der Waals surface area (Å²) in [5.74, 6) is -0.764. The van der Waals surface area contributed by atoms with Gasteiger partial charge in [0.05, 0.1) is 12.5 Å². The van der Waals surface area contributed by atoms with Crippen molar-refractivity contribution in [3.8, 4) is 0 Å². The minimum Gasteiger partial charge on any atom is -0.384 e. The van der Waals surface area contributed by atoms with Crippen molar-refractivity contribution in [2.75, 3.05) is 13.7 Å². The van der Waals surface area contributed by atoms with Crippen LogP contribution in [0.4, 0.5) is 0 Å². The number of methoxy groups -OCH3 is 1. The fraction of sp³-hybridized carbons (Fsp3) is 0.500. The largest absolute Gasteiger partial charge is 0.384 e. The summed E-state index contributed by atoms with van der Waals surface area (Å²) in [4.78, 5) is 24.2. The summed E-state index contributed by atoms with van der Waals surface area (Å²) in [6, 6.07) is 7.84. The van der Waals surface area contributed by atoms with E-state index in [0.717, 1.165) is 17.5 Å². The number of amides is 2. The van der Waals surface area contributed by atoms with E-state index in [9.17, 15) is 9.59 Å². The standard InChI is InChI=1S/C16H21NO3/c1-4-16(10-20-3)9-13(18)17-15(19)14(16)12-8-6-5-7-11(12)2/h5-8,14H,4,9-10H2,1-3H3,(H,17,18,19). The predicted molar refractivity (Wildman–Crippen MR) is 76.3 cm³/mol. The number of aryl methyl sites for hydroxylation is 1. The first-order valence-electron chi connectivity index (χ1n) is 6.92. The topological polar surface area (TPSA) is 55.4 Å². The van der Waals surface area contributed by atoms with Crippen LogP contribution in [0.25, 0.3) is 0 Å². The first-order chi connectivity index (χ1) is 9.54. The van der Waals surface area contributed by atoms with E-state index in [1.165, 1.54) is 0 Å². The second kappa shape index (κ2) is 5.75. The van der Waals surface area contributed by atoms with Crippen molar-refractivity contribution < 1.29 is 14.3 Å². The first kappa shape index (κ1) is 14.7. The zero-order valence-corrected chi connectivity index (χ0v) is 12.2. The molecule has 2 amide bonds. The quantitative estimate of drug-likeness (QED) is 0.857. The molecule has 2 rings (SSSR count). The molecule has 2 atom stereocenters. The van der Waals surface area contributed by atoms with Crippen LogP contribution in [0.2, 0.25) is 0 Å². The number of hydrogen-bond acceptors (Lipinski definition) is 3. The van der Waals surface area contributed by atoms with E-state index < -0.39 is 5.41 Å². The number of ether oxygens (including phenoxy) is 1. The molecule has 108 valence electrons. The van der Waals surface area contributed by atoms with Crippen LogP contribution in [0.1, 0.15) is 36.8 Å². The van der Waals surface area contributed by atoms with Gasteiger partial charge >= 0.3 is 0 Å². The third-order valence-electron chi connectivity index (χ3n) is 4.29. The van der Waals surface area contributed by atoms with E-state index in [1.807, 2.05) is 38.1 Å². The van der Waals surface area contributed by atoms with Gasteiger partial charge in [0.2, 0.25) is 11.8 Å². The molecule has 1 aromatic carbocycles. The molecule has 0 radical (unpaired) electrons. The molecule has 2 unspecified atom stereocenters. The van der Waals surface area contributed by atoms with E-state index >= 15 is 0 Å². The number of carbonyl (C=O) groups is 2. The van der Waals surface area contributed by atoms with E-state index in [-0.39, 0.29) is 17.7 Å². The van der Waals surface area contributed by atoms with Gasteiger partial charge in [0.15, 0.2) is 0 Å². The van der Waals surface area contributed by atoms with Crippen molar-refractivity contribution in [3.05, 3.63) is 35.4 Å². The lowest BCUT2D eigenvalue weighted by Gasteiger charge is -2.42. The second-order valence-corrected chi connectivity index (χ2v) is 5.53. The highest BCUT2D eigenvalue weighted by Gasteiger charge is 2.48. The highest BCUT2D eigenvalue weighted by Crippen LogP contribution is 2.45. The van der Waals surface area contributed by atoms with Crippen molar-refractivity contribution in [1.82, 2.24) is 5.32 Å². The van der Waals surface area contributed by atoms with Crippen LogP contribution in [-0.2, 0) is 14.3 Å². The van der Waals surface area contributed by atoms with Crippen LogP contribution in [0.3, 0.4) is 0 Å². The Kier molecular flexibility index (Phi) is 4.23. The van der Waals surface area contributed by atoms with Gasteiger partial charge in [-0.3, -0.25) is 14.9 Å². The Morgan fingerprint density at radius 3 is 2.65 bits per heavy atom. The maximum Gasteiger partial charge on any atom is 0.234 e. The fourth-order valence-electron chi connectivity index (χ4n) is 3.19. The molecular formula is C16H21NO3. The Balaban J connectivity index is 2.52. The molecular weight excluding hydrogens is 254 g/mol. The Morgan fingerprint density at radius 2 is 2.05 bits per heavy atom. The molecule has 0 bridgehead atoms. The molecule has 1 heterocycles. The summed E-state index contributed by atoms with van der Waals surface area (Å²) >= 11 is 0. The van der Waals surface area contributed by atoms with Crippen LogP contribution in [0.5, 0.6) is 0 Å². The molecule has 4 heteroatoms. The molecule has 0 spiro atoms. The number of rotatable bonds is 4. The molecule has 1 aliphatic rings. The smallest absolute Gasteiger partial charge is 0.234 e. The van der Waals surface area contributed by atoms with Crippen LogP contribution in [0.15, 0.2) is 24.3 Å². The summed E-state index contributed by atoms with van der Waals surface area (Å²) in [6.07, 6.45) is 1.04. The molecule has 0 aliphatic carbocycles. The number of piperidine rings is 1. The van der Waals surface area contributed by atoms with Crippen molar-refractivity contribution in [2.45, 2.75) is 32.6 Å². The lowest BCUT2D eigenvalue weighted by atomic mass is 9.65. The normalized spacial score (nSPS) is 26.4. The predicted octanol–water partition coefficient (Wildman–Crippen LogP) is 2.17. The fourth-order valence-corrected chi connectivity index (χ4v) is 3.19. The van der Waals surface area contributed by atoms with Crippen LogP contribution in [-0.4, -0.2) is 25.5 Å². The minimum atomic E-state index is -0.458. The molecule has 1 aliphatic heterocycles. The van der Waals surface area contributed by atoms with Gasteiger partial charge in [0, 0.05) is 18.9 Å². The van der Waals surface area contributed by atoms with Crippen molar-refractivity contribution in [2.24, 2.45) is 5.41 Å². The van der Waals surface area contributed by atoms with Crippen LogP contribution in [0, 0.1) is 12.3 Å². The van der Waals surface area contributed by atoms with Gasteiger partial charge in [-0.1, -0.05) is 31.2 Å². The van der Waals surface area contributed by atoms with Crippen LogP contribution >= 0.6 is 0 Å². The Bertz CT molecular complexity index is 526. The van der Waals surface area contributed by atoms with Gasteiger partial charge < -0.3 is 4.74 Å². The maximum atomic E-state index is 12.4. The molecule has 0 saturated carbocycles. The number of carbonyl (C=O) groups excluding carboxylic acids is 2. The molecule has 1 aromatic rings. The number of hydrogen-bond donors (Lipinski definition) is 1. The summed E-state index contributed by atoms with van der Waals surface area (Å²) in [6.45, 7) is 4.41. The van der Waals surface area contributed by atoms with E-state index in [2.05, 4.69) is 5.32 Å². The zero-order valence-electron chi connectivity index (χ0n) is 12.2. The highest BCUT2D eigenvalue weighted by atomic mass is 16.5. The second-order valence-electron chi connectivity index (χ2n) is 5.53. The van der Waals surface area contributed by atoms with Gasteiger partial charge in [-0.2, -0.15) is 0 Å². The Labute approximate surface area is 119 Å². The number of imide groups is 1. The summed E-state index contributed by atoms with van der Waals surface area (Å²) in [7, 11) is 1.61. The third-order valence-corrected chi connectivity index (χ3v) is 4.29. The Morgan fingerprint density at radius 1 is 1.35 bits per heavy atom. The van der Waals surface area contributed by atoms with Gasteiger partial charge in [0.1, 0.15) is 0 Å². The highest BCUT2D eigenvalue weighted by molar-refractivity contribution is 6.02. The lowest BCUT2D eigenvalue weighted by Crippen LogP contribution is -2.52. The monoisotopic (exact) mass is 275 g/mol. The first-order valence-corrected chi connectivity index (χ1v) is 6.92. The molecule has 1 fully saturated rings. The van der Waals surface area contributed by atoms with Crippen molar-refractivity contribution in [3.63, 3.8) is 0 Å². The molecule has 20 heavy (non-hydrogen) atoms.